The van der Waals surface area contributed by atoms with E-state index in [0.29, 0.717) is 18.8 Å². The van der Waals surface area contributed by atoms with Gasteiger partial charge >= 0.3 is 6.03 Å². The average Bonchev–Trinajstić information content (AvgIpc) is 3.32. The fourth-order valence-electron chi connectivity index (χ4n) is 6.34. The van der Waals surface area contributed by atoms with Gasteiger partial charge in [0.25, 0.3) is 5.91 Å². The largest absolute Gasteiger partial charge is 0.368 e. The number of ether oxygens (including phenoxy) is 1. The van der Waals surface area contributed by atoms with Gasteiger partial charge in [-0.2, -0.15) is 0 Å². The summed E-state index contributed by atoms with van der Waals surface area (Å²) in [5.74, 6) is -0.292. The second-order valence-electron chi connectivity index (χ2n) is 10.2. The van der Waals surface area contributed by atoms with Crippen molar-refractivity contribution in [2.75, 3.05) is 42.5 Å². The minimum Gasteiger partial charge on any atom is -0.368 e. The minimum atomic E-state index is -0.723. The summed E-state index contributed by atoms with van der Waals surface area (Å²) in [6, 6.07) is 18.4. The highest BCUT2D eigenvalue weighted by molar-refractivity contribution is 6.18. The molecule has 3 saturated heterocycles. The zero-order chi connectivity index (χ0) is 24.6. The SMILES string of the molecule is O=C(CN1C(=O)N(c2ccccc2)C(=O)C2OC3CCCCC3C21)N1CCN(c2ccccc2)CC1. The summed E-state index contributed by atoms with van der Waals surface area (Å²) in [5, 5.41) is 0. The van der Waals surface area contributed by atoms with Gasteiger partial charge < -0.3 is 19.4 Å². The molecule has 8 nitrogen and oxygen atoms in total. The number of para-hydroxylation sites is 2. The van der Waals surface area contributed by atoms with Crippen LogP contribution in [0.5, 0.6) is 0 Å². The molecule has 4 unspecified atom stereocenters. The monoisotopic (exact) mass is 488 g/mol. The normalized spacial score (nSPS) is 28.2. The molecule has 2 aromatic carbocycles. The second kappa shape index (κ2) is 9.58. The number of imide groups is 1. The Morgan fingerprint density at radius 3 is 2.17 bits per heavy atom. The number of hydrogen-bond donors (Lipinski definition) is 0. The Hall–Kier alpha value is -3.39. The van der Waals surface area contributed by atoms with E-state index < -0.39 is 12.1 Å². The molecule has 188 valence electrons. The first-order chi connectivity index (χ1) is 17.6. The fraction of sp³-hybridized carbons (Fsp3) is 0.464. The summed E-state index contributed by atoms with van der Waals surface area (Å²) in [6.45, 7) is 2.67. The summed E-state index contributed by atoms with van der Waals surface area (Å²) in [6.07, 6.45) is 3.18. The average molecular weight is 489 g/mol. The number of carbonyl (C=O) groups excluding carboxylic acids is 3. The zero-order valence-corrected chi connectivity index (χ0v) is 20.4. The Balaban J connectivity index is 1.22. The molecule has 4 amide bonds. The van der Waals surface area contributed by atoms with Crippen molar-refractivity contribution >= 4 is 29.2 Å². The summed E-state index contributed by atoms with van der Waals surface area (Å²) in [4.78, 5) is 47.8. The first-order valence-corrected chi connectivity index (χ1v) is 13.0. The molecule has 4 aliphatic rings. The highest BCUT2D eigenvalue weighted by atomic mass is 16.5. The standard InChI is InChI=1S/C28H32N4O4/c33-24(30-17-15-29(16-18-30)20-9-3-1-4-10-20)19-31-25-22-13-7-8-14-23(22)36-26(25)27(34)32(28(31)35)21-11-5-2-6-12-21/h1-6,9-12,22-23,25-26H,7-8,13-19H2. The Labute approximate surface area is 211 Å². The van der Waals surface area contributed by atoms with E-state index in [0.717, 1.165) is 44.5 Å². The van der Waals surface area contributed by atoms with Crippen LogP contribution in [-0.4, -0.2) is 78.6 Å². The van der Waals surface area contributed by atoms with Crippen molar-refractivity contribution in [1.29, 1.82) is 0 Å². The second-order valence-corrected chi connectivity index (χ2v) is 10.2. The Kier molecular flexibility index (Phi) is 6.13. The van der Waals surface area contributed by atoms with E-state index in [4.69, 9.17) is 4.74 Å². The Morgan fingerprint density at radius 2 is 1.47 bits per heavy atom. The first-order valence-electron chi connectivity index (χ1n) is 13.0. The quantitative estimate of drug-likeness (QED) is 0.661. The lowest BCUT2D eigenvalue weighted by Crippen LogP contribution is -2.66. The van der Waals surface area contributed by atoms with Crippen molar-refractivity contribution in [3.63, 3.8) is 0 Å². The van der Waals surface area contributed by atoms with Gasteiger partial charge in [-0.05, 0) is 37.1 Å². The number of anilines is 2. The van der Waals surface area contributed by atoms with Gasteiger partial charge in [0.15, 0.2) is 6.10 Å². The number of piperazine rings is 1. The molecule has 8 heteroatoms. The molecule has 1 saturated carbocycles. The van der Waals surface area contributed by atoms with Crippen LogP contribution in [0.15, 0.2) is 60.7 Å². The van der Waals surface area contributed by atoms with Crippen LogP contribution in [0, 0.1) is 5.92 Å². The van der Waals surface area contributed by atoms with Crippen molar-refractivity contribution in [2.45, 2.75) is 43.9 Å². The molecule has 4 atom stereocenters. The summed E-state index contributed by atoms with van der Waals surface area (Å²) in [5.41, 5.74) is 1.67. The molecule has 0 spiro atoms. The van der Waals surface area contributed by atoms with Crippen molar-refractivity contribution in [1.82, 2.24) is 9.80 Å². The molecule has 0 N–H and O–H groups in total. The summed E-state index contributed by atoms with van der Waals surface area (Å²) >= 11 is 0. The molecule has 0 radical (unpaired) electrons. The smallest absolute Gasteiger partial charge is 0.332 e. The van der Waals surface area contributed by atoms with E-state index in [1.807, 2.05) is 29.2 Å². The van der Waals surface area contributed by atoms with E-state index >= 15 is 0 Å². The third-order valence-electron chi connectivity index (χ3n) is 8.16. The van der Waals surface area contributed by atoms with Crippen LogP contribution < -0.4 is 9.80 Å². The molecule has 3 aliphatic heterocycles. The molecule has 0 aromatic heterocycles. The number of nitrogens with zero attached hydrogens (tertiary/aromatic N) is 4. The van der Waals surface area contributed by atoms with E-state index in [1.54, 1.807) is 29.2 Å². The van der Waals surface area contributed by atoms with Gasteiger partial charge in [0.05, 0.1) is 17.8 Å². The number of urea groups is 1. The summed E-state index contributed by atoms with van der Waals surface area (Å²) in [7, 11) is 0. The van der Waals surface area contributed by atoms with Gasteiger partial charge in [0.1, 0.15) is 6.54 Å². The summed E-state index contributed by atoms with van der Waals surface area (Å²) < 4.78 is 6.29. The molecule has 4 fully saturated rings. The van der Waals surface area contributed by atoms with Crippen LogP contribution >= 0.6 is 0 Å². The lowest BCUT2D eigenvalue weighted by atomic mass is 9.81. The topological polar surface area (TPSA) is 73.4 Å². The van der Waals surface area contributed by atoms with Gasteiger partial charge in [0.2, 0.25) is 5.91 Å². The molecule has 36 heavy (non-hydrogen) atoms. The van der Waals surface area contributed by atoms with Crippen LogP contribution in [0.4, 0.5) is 16.2 Å². The van der Waals surface area contributed by atoms with Crippen LogP contribution in [-0.2, 0) is 14.3 Å². The number of benzene rings is 2. The van der Waals surface area contributed by atoms with Crippen LogP contribution in [0.3, 0.4) is 0 Å². The number of hydrogen-bond acceptors (Lipinski definition) is 5. The fourth-order valence-corrected chi connectivity index (χ4v) is 6.34. The van der Waals surface area contributed by atoms with Crippen LogP contribution in [0.25, 0.3) is 0 Å². The first kappa shape index (κ1) is 23.0. The van der Waals surface area contributed by atoms with Gasteiger partial charge in [0, 0.05) is 37.8 Å². The maximum atomic E-state index is 13.8. The maximum absolute atomic E-state index is 13.8. The Bertz CT molecular complexity index is 1120. The third-order valence-corrected chi connectivity index (χ3v) is 8.16. The number of amides is 4. The molecule has 3 heterocycles. The third kappa shape index (κ3) is 4.03. The van der Waals surface area contributed by atoms with E-state index in [2.05, 4.69) is 17.0 Å². The van der Waals surface area contributed by atoms with Gasteiger partial charge in [-0.3, -0.25) is 9.59 Å². The maximum Gasteiger partial charge on any atom is 0.332 e. The molecular weight excluding hydrogens is 456 g/mol. The van der Waals surface area contributed by atoms with Crippen LogP contribution in [0.1, 0.15) is 25.7 Å². The highest BCUT2D eigenvalue weighted by Gasteiger charge is 2.58. The molecule has 6 rings (SSSR count). The number of fused-ring (bicyclic) bond motifs is 3. The molecule has 0 bridgehead atoms. The van der Waals surface area contributed by atoms with Crippen molar-refractivity contribution < 1.29 is 19.1 Å². The van der Waals surface area contributed by atoms with Crippen molar-refractivity contribution in [2.24, 2.45) is 5.92 Å². The van der Waals surface area contributed by atoms with Crippen molar-refractivity contribution in [3.05, 3.63) is 60.7 Å². The molecule has 2 aromatic rings. The predicted octanol–water partition coefficient (Wildman–Crippen LogP) is 3.13. The van der Waals surface area contributed by atoms with Crippen LogP contribution in [0.2, 0.25) is 0 Å². The number of rotatable bonds is 4. The van der Waals surface area contributed by atoms with Gasteiger partial charge in [-0.1, -0.05) is 49.2 Å². The molecule has 1 aliphatic carbocycles. The van der Waals surface area contributed by atoms with Crippen molar-refractivity contribution in [3.8, 4) is 0 Å². The molecular formula is C28H32N4O4. The lowest BCUT2D eigenvalue weighted by Gasteiger charge is -2.44. The van der Waals surface area contributed by atoms with Gasteiger partial charge in [-0.15, -0.1) is 0 Å². The highest BCUT2D eigenvalue weighted by Crippen LogP contribution is 2.43. The predicted molar refractivity (Wildman–Crippen MR) is 136 cm³/mol. The van der Waals surface area contributed by atoms with E-state index in [9.17, 15) is 14.4 Å². The van der Waals surface area contributed by atoms with Gasteiger partial charge in [-0.25, -0.2) is 9.69 Å². The zero-order valence-electron chi connectivity index (χ0n) is 20.4. The minimum absolute atomic E-state index is 0.0332. The van der Waals surface area contributed by atoms with E-state index in [-0.39, 0.29) is 36.4 Å². The van der Waals surface area contributed by atoms with E-state index in [1.165, 1.54) is 4.90 Å². The Morgan fingerprint density at radius 1 is 0.833 bits per heavy atom. The lowest BCUT2D eigenvalue weighted by molar-refractivity contribution is -0.137. The number of carbonyl (C=O) groups is 3.